The lowest BCUT2D eigenvalue weighted by Gasteiger charge is -2.30. The molecular formula is C17H26N4. The van der Waals surface area contributed by atoms with Gasteiger partial charge in [0.1, 0.15) is 0 Å². The molecule has 0 fully saturated rings. The van der Waals surface area contributed by atoms with Crippen molar-refractivity contribution in [2.24, 2.45) is 5.73 Å². The first-order valence-electron chi connectivity index (χ1n) is 7.73. The molecule has 114 valence electrons. The van der Waals surface area contributed by atoms with Gasteiger partial charge in [0, 0.05) is 25.8 Å². The molecule has 0 aliphatic carbocycles. The van der Waals surface area contributed by atoms with Crippen LogP contribution in [0.25, 0.3) is 0 Å². The summed E-state index contributed by atoms with van der Waals surface area (Å²) in [7, 11) is 2.10. The van der Waals surface area contributed by atoms with E-state index >= 15 is 0 Å². The number of likely N-dealkylation sites (N-methyl/N-ethyl adjacent to an activating group) is 1. The Hall–Kier alpha value is -1.81. The van der Waals surface area contributed by atoms with Gasteiger partial charge in [-0.15, -0.1) is 0 Å². The van der Waals surface area contributed by atoms with Gasteiger partial charge in [-0.2, -0.15) is 0 Å². The molecule has 1 heterocycles. The molecule has 21 heavy (non-hydrogen) atoms. The van der Waals surface area contributed by atoms with Crippen LogP contribution >= 0.6 is 0 Å². The first-order valence-corrected chi connectivity index (χ1v) is 7.73. The largest absolute Gasteiger partial charge is 0.365 e. The number of imidazole rings is 1. The quantitative estimate of drug-likeness (QED) is 0.851. The van der Waals surface area contributed by atoms with E-state index in [0.29, 0.717) is 6.54 Å². The topological polar surface area (TPSA) is 47.1 Å². The Morgan fingerprint density at radius 3 is 2.52 bits per heavy atom. The Morgan fingerprint density at radius 2 is 1.95 bits per heavy atom. The number of hydrogen-bond acceptors (Lipinski definition) is 3. The zero-order valence-electron chi connectivity index (χ0n) is 13.3. The molecule has 0 saturated heterocycles. The third-order valence-electron chi connectivity index (χ3n) is 3.99. The van der Waals surface area contributed by atoms with Gasteiger partial charge < -0.3 is 15.2 Å². The standard InChI is InChI=1S/C17H26N4/c1-4-10-21-13-19-12-17(21)16(11-18)20(3)15-8-6-14(5-2)7-9-15/h6-9,12-13,16H,4-5,10-11,18H2,1-3H3. The predicted molar refractivity (Wildman–Crippen MR) is 88.5 cm³/mol. The van der Waals surface area contributed by atoms with Gasteiger partial charge in [-0.1, -0.05) is 26.0 Å². The van der Waals surface area contributed by atoms with Crippen LogP contribution in [0.3, 0.4) is 0 Å². The summed E-state index contributed by atoms with van der Waals surface area (Å²) in [6.07, 6.45) is 5.99. The summed E-state index contributed by atoms with van der Waals surface area (Å²) in [4.78, 5) is 6.53. The molecule has 0 aliphatic heterocycles. The van der Waals surface area contributed by atoms with Crippen molar-refractivity contribution >= 4 is 5.69 Å². The fraction of sp³-hybridized carbons (Fsp3) is 0.471. The number of aryl methyl sites for hydroxylation is 2. The minimum Gasteiger partial charge on any atom is -0.365 e. The molecule has 4 heteroatoms. The fourth-order valence-electron chi connectivity index (χ4n) is 2.66. The van der Waals surface area contributed by atoms with E-state index in [9.17, 15) is 0 Å². The Morgan fingerprint density at radius 1 is 1.24 bits per heavy atom. The van der Waals surface area contributed by atoms with Crippen LogP contribution < -0.4 is 10.6 Å². The molecule has 1 unspecified atom stereocenters. The van der Waals surface area contributed by atoms with Crippen LogP contribution in [-0.4, -0.2) is 23.1 Å². The van der Waals surface area contributed by atoms with Crippen molar-refractivity contribution in [1.29, 1.82) is 0 Å². The summed E-state index contributed by atoms with van der Waals surface area (Å²) in [6, 6.07) is 8.85. The van der Waals surface area contributed by atoms with Crippen LogP contribution in [0, 0.1) is 0 Å². The monoisotopic (exact) mass is 286 g/mol. The highest BCUT2D eigenvalue weighted by Gasteiger charge is 2.19. The van der Waals surface area contributed by atoms with E-state index in [1.807, 2.05) is 12.5 Å². The van der Waals surface area contributed by atoms with E-state index in [2.05, 4.69) is 59.6 Å². The molecule has 1 atom stereocenters. The average molecular weight is 286 g/mol. The second-order valence-electron chi connectivity index (χ2n) is 5.39. The van der Waals surface area contributed by atoms with Crippen LogP contribution in [-0.2, 0) is 13.0 Å². The van der Waals surface area contributed by atoms with Crippen LogP contribution in [0.4, 0.5) is 5.69 Å². The number of benzene rings is 1. The lowest BCUT2D eigenvalue weighted by Crippen LogP contribution is -2.32. The number of anilines is 1. The fourth-order valence-corrected chi connectivity index (χ4v) is 2.66. The zero-order chi connectivity index (χ0) is 15.2. The third kappa shape index (κ3) is 3.45. The first kappa shape index (κ1) is 15.6. The molecule has 1 aromatic heterocycles. The highest BCUT2D eigenvalue weighted by molar-refractivity contribution is 5.49. The maximum Gasteiger partial charge on any atom is 0.0948 e. The Balaban J connectivity index is 2.24. The lowest BCUT2D eigenvalue weighted by molar-refractivity contribution is 0.578. The maximum atomic E-state index is 6.04. The molecule has 2 aromatic rings. The van der Waals surface area contributed by atoms with Gasteiger partial charge in [0.2, 0.25) is 0 Å². The average Bonchev–Trinajstić information content (AvgIpc) is 2.97. The van der Waals surface area contributed by atoms with Crippen molar-refractivity contribution in [2.75, 3.05) is 18.5 Å². The van der Waals surface area contributed by atoms with Gasteiger partial charge in [-0.05, 0) is 30.5 Å². The Kier molecular flexibility index (Phi) is 5.39. The van der Waals surface area contributed by atoms with Gasteiger partial charge in [-0.3, -0.25) is 0 Å². The summed E-state index contributed by atoms with van der Waals surface area (Å²) in [5.41, 5.74) is 9.76. The Bertz CT molecular complexity index is 544. The van der Waals surface area contributed by atoms with Gasteiger partial charge in [0.05, 0.1) is 24.3 Å². The molecule has 0 bridgehead atoms. The van der Waals surface area contributed by atoms with Crippen molar-refractivity contribution in [3.05, 3.63) is 48.0 Å². The van der Waals surface area contributed by atoms with Gasteiger partial charge in [-0.25, -0.2) is 4.98 Å². The predicted octanol–water partition coefficient (Wildman–Crippen LogP) is 2.99. The molecule has 0 radical (unpaired) electrons. The minimum absolute atomic E-state index is 0.145. The third-order valence-corrected chi connectivity index (χ3v) is 3.99. The molecule has 2 rings (SSSR count). The van der Waals surface area contributed by atoms with Crippen LogP contribution in [0.15, 0.2) is 36.8 Å². The van der Waals surface area contributed by atoms with Gasteiger partial charge >= 0.3 is 0 Å². The van der Waals surface area contributed by atoms with E-state index in [1.165, 1.54) is 16.9 Å². The number of aromatic nitrogens is 2. The second-order valence-corrected chi connectivity index (χ2v) is 5.39. The first-order chi connectivity index (χ1) is 10.2. The van der Waals surface area contributed by atoms with Crippen LogP contribution in [0.2, 0.25) is 0 Å². The summed E-state index contributed by atoms with van der Waals surface area (Å²) in [6.45, 7) is 5.90. The second kappa shape index (κ2) is 7.27. The molecule has 1 aromatic carbocycles. The summed E-state index contributed by atoms with van der Waals surface area (Å²) in [5, 5.41) is 0. The van der Waals surface area contributed by atoms with Crippen LogP contribution in [0.1, 0.15) is 37.6 Å². The molecular weight excluding hydrogens is 260 g/mol. The van der Waals surface area contributed by atoms with Crippen molar-refractivity contribution in [1.82, 2.24) is 9.55 Å². The molecule has 0 aliphatic rings. The molecule has 0 amide bonds. The summed E-state index contributed by atoms with van der Waals surface area (Å²) >= 11 is 0. The molecule has 0 saturated carbocycles. The number of nitrogens with two attached hydrogens (primary N) is 1. The number of nitrogens with zero attached hydrogens (tertiary/aromatic N) is 3. The molecule has 4 nitrogen and oxygen atoms in total. The van der Waals surface area contributed by atoms with Crippen molar-refractivity contribution in [3.8, 4) is 0 Å². The molecule has 2 N–H and O–H groups in total. The van der Waals surface area contributed by atoms with Gasteiger partial charge in [0.15, 0.2) is 0 Å². The Labute approximate surface area is 127 Å². The summed E-state index contributed by atoms with van der Waals surface area (Å²) < 4.78 is 2.20. The van der Waals surface area contributed by atoms with Crippen molar-refractivity contribution in [3.63, 3.8) is 0 Å². The maximum absolute atomic E-state index is 6.04. The number of rotatable bonds is 7. The minimum atomic E-state index is 0.145. The van der Waals surface area contributed by atoms with E-state index in [0.717, 1.165) is 19.4 Å². The molecule has 0 spiro atoms. The lowest BCUT2D eigenvalue weighted by atomic mass is 10.1. The van der Waals surface area contributed by atoms with E-state index in [1.54, 1.807) is 0 Å². The van der Waals surface area contributed by atoms with Crippen molar-refractivity contribution in [2.45, 2.75) is 39.3 Å². The van der Waals surface area contributed by atoms with E-state index in [-0.39, 0.29) is 6.04 Å². The van der Waals surface area contributed by atoms with Crippen molar-refractivity contribution < 1.29 is 0 Å². The summed E-state index contributed by atoms with van der Waals surface area (Å²) in [5.74, 6) is 0. The smallest absolute Gasteiger partial charge is 0.0948 e. The van der Waals surface area contributed by atoms with E-state index in [4.69, 9.17) is 5.73 Å². The highest BCUT2D eigenvalue weighted by atomic mass is 15.2. The van der Waals surface area contributed by atoms with E-state index < -0.39 is 0 Å². The van der Waals surface area contributed by atoms with Gasteiger partial charge in [0.25, 0.3) is 0 Å². The number of hydrogen-bond donors (Lipinski definition) is 1. The zero-order valence-corrected chi connectivity index (χ0v) is 13.3. The highest BCUT2D eigenvalue weighted by Crippen LogP contribution is 2.25. The SMILES string of the molecule is CCCn1cncc1C(CN)N(C)c1ccc(CC)cc1. The van der Waals surface area contributed by atoms with Crippen LogP contribution in [0.5, 0.6) is 0 Å². The normalized spacial score (nSPS) is 12.4.